The molecule has 0 aliphatic rings. The molecule has 1 heterocycles. The van der Waals surface area contributed by atoms with E-state index in [0.29, 0.717) is 28.4 Å². The number of benzene rings is 4. The lowest BCUT2D eigenvalue weighted by molar-refractivity contribution is 0.342. The van der Waals surface area contributed by atoms with Gasteiger partial charge in [0.1, 0.15) is 16.7 Å². The van der Waals surface area contributed by atoms with E-state index in [-0.39, 0.29) is 44.8 Å². The van der Waals surface area contributed by atoms with Gasteiger partial charge in [-0.3, -0.25) is 4.79 Å². The first kappa shape index (κ1) is 27.3. The highest BCUT2D eigenvalue weighted by molar-refractivity contribution is 5.99. The third-order valence-electron chi connectivity index (χ3n) is 7.03. The molecule has 0 amide bonds. The Hall–Kier alpha value is -5.25. The van der Waals surface area contributed by atoms with Crippen LogP contribution in [0.2, 0.25) is 0 Å². The van der Waals surface area contributed by atoms with Crippen LogP contribution >= 0.6 is 0 Å². The van der Waals surface area contributed by atoms with Gasteiger partial charge in [-0.15, -0.1) is 0 Å². The molecule has 5 aromatic rings. The number of rotatable bonds is 8. The minimum absolute atomic E-state index is 0.0112. The van der Waals surface area contributed by atoms with Crippen LogP contribution in [0, 0.1) is 0 Å². The van der Waals surface area contributed by atoms with Crippen molar-refractivity contribution < 1.29 is 43.4 Å². The monoisotopic (exact) mass is 560 g/mol. The molecule has 41 heavy (non-hydrogen) atoms. The van der Waals surface area contributed by atoms with E-state index in [1.165, 1.54) is 47.7 Å². The summed E-state index contributed by atoms with van der Waals surface area (Å²) in [5, 5.41) is 33.0. The van der Waals surface area contributed by atoms with E-state index in [2.05, 4.69) is 0 Å². The molecule has 1 atom stereocenters. The van der Waals surface area contributed by atoms with Crippen LogP contribution in [-0.4, -0.2) is 50.9 Å². The Kier molecular flexibility index (Phi) is 7.15. The summed E-state index contributed by atoms with van der Waals surface area (Å²) in [7, 11) is 7.10. The average molecular weight is 561 g/mol. The second-order valence-corrected chi connectivity index (χ2v) is 9.09. The zero-order valence-electron chi connectivity index (χ0n) is 23.0. The van der Waals surface area contributed by atoms with Gasteiger partial charge in [0.25, 0.3) is 0 Å². The van der Waals surface area contributed by atoms with Crippen LogP contribution in [0.1, 0.15) is 22.6 Å². The Morgan fingerprint density at radius 2 is 1.34 bits per heavy atom. The lowest BCUT2D eigenvalue weighted by atomic mass is 9.82. The van der Waals surface area contributed by atoms with E-state index in [4.69, 9.17) is 28.1 Å². The molecule has 0 radical (unpaired) electrons. The molecule has 0 unspecified atom stereocenters. The van der Waals surface area contributed by atoms with E-state index in [1.807, 2.05) is 30.3 Å². The normalized spacial score (nSPS) is 11.8. The molecule has 5 rings (SSSR count). The van der Waals surface area contributed by atoms with Gasteiger partial charge in [-0.2, -0.15) is 0 Å². The first-order valence-electron chi connectivity index (χ1n) is 12.4. The quantitative estimate of drug-likeness (QED) is 0.170. The highest BCUT2D eigenvalue weighted by atomic mass is 16.5. The molecule has 3 N–H and O–H groups in total. The molecule has 0 bridgehead atoms. The summed E-state index contributed by atoms with van der Waals surface area (Å²) in [6.45, 7) is 0. The SMILES string of the molecule is COc1cc2c(=O)c3c(O)c(OC)c(O)c([C@H](c4ccccc4)c4cc(OC)c(OC)cc4OC)c3oc2cc1O. The minimum Gasteiger partial charge on any atom is -0.504 e. The molecule has 212 valence electrons. The highest BCUT2D eigenvalue weighted by Gasteiger charge is 2.33. The molecule has 10 heteroatoms. The maximum Gasteiger partial charge on any atom is 0.204 e. The molecule has 0 spiro atoms. The molecule has 0 saturated carbocycles. The number of hydrogen-bond donors (Lipinski definition) is 3. The maximum atomic E-state index is 13.9. The molecule has 1 aromatic heterocycles. The predicted molar refractivity (Wildman–Crippen MR) is 152 cm³/mol. The molecule has 0 fully saturated rings. The summed E-state index contributed by atoms with van der Waals surface area (Å²) >= 11 is 0. The fourth-order valence-corrected chi connectivity index (χ4v) is 5.12. The van der Waals surface area contributed by atoms with Crippen molar-refractivity contribution in [3.63, 3.8) is 0 Å². The summed E-state index contributed by atoms with van der Waals surface area (Å²) < 4.78 is 33.5. The molecule has 4 aromatic carbocycles. The van der Waals surface area contributed by atoms with E-state index in [9.17, 15) is 20.1 Å². The second-order valence-electron chi connectivity index (χ2n) is 9.09. The Balaban J connectivity index is 2.00. The second kappa shape index (κ2) is 10.7. The van der Waals surface area contributed by atoms with Crippen LogP contribution in [0.25, 0.3) is 21.9 Å². The van der Waals surface area contributed by atoms with Crippen molar-refractivity contribution in [1.82, 2.24) is 0 Å². The largest absolute Gasteiger partial charge is 0.504 e. The number of phenolic OH excluding ortho intramolecular Hbond substituents is 3. The van der Waals surface area contributed by atoms with Crippen molar-refractivity contribution in [1.29, 1.82) is 0 Å². The van der Waals surface area contributed by atoms with Gasteiger partial charge in [-0.05, 0) is 17.7 Å². The van der Waals surface area contributed by atoms with E-state index < -0.39 is 22.8 Å². The molecule has 0 aliphatic carbocycles. The van der Waals surface area contributed by atoms with Crippen LogP contribution in [0.15, 0.2) is 63.8 Å². The van der Waals surface area contributed by atoms with Gasteiger partial charge in [0, 0.05) is 23.6 Å². The number of fused-ring (bicyclic) bond motifs is 2. The van der Waals surface area contributed by atoms with Gasteiger partial charge in [0.2, 0.25) is 11.2 Å². The van der Waals surface area contributed by atoms with E-state index >= 15 is 0 Å². The summed E-state index contributed by atoms with van der Waals surface area (Å²) in [6.07, 6.45) is 0. The summed E-state index contributed by atoms with van der Waals surface area (Å²) in [4.78, 5) is 13.9. The third-order valence-corrected chi connectivity index (χ3v) is 7.03. The lowest BCUT2D eigenvalue weighted by Crippen LogP contribution is -2.11. The van der Waals surface area contributed by atoms with Crippen LogP contribution in [0.5, 0.6) is 46.0 Å². The van der Waals surface area contributed by atoms with Crippen molar-refractivity contribution in [3.8, 4) is 46.0 Å². The zero-order valence-corrected chi connectivity index (χ0v) is 23.0. The van der Waals surface area contributed by atoms with Crippen molar-refractivity contribution in [3.05, 3.63) is 81.5 Å². The number of hydrogen-bond acceptors (Lipinski definition) is 10. The molecule has 10 nitrogen and oxygen atoms in total. The number of aromatic hydroxyl groups is 3. The number of ether oxygens (including phenoxy) is 5. The van der Waals surface area contributed by atoms with Gasteiger partial charge >= 0.3 is 0 Å². The van der Waals surface area contributed by atoms with E-state index in [0.717, 1.165) is 0 Å². The maximum absolute atomic E-state index is 13.9. The summed E-state index contributed by atoms with van der Waals surface area (Å²) in [6, 6.07) is 15.1. The van der Waals surface area contributed by atoms with Gasteiger partial charge in [0.15, 0.2) is 40.1 Å². The Morgan fingerprint density at radius 1 is 0.707 bits per heavy atom. The van der Waals surface area contributed by atoms with Crippen LogP contribution in [-0.2, 0) is 0 Å². The predicted octanol–water partition coefficient (Wildman–Crippen LogP) is 5.29. The smallest absolute Gasteiger partial charge is 0.204 e. The van der Waals surface area contributed by atoms with Crippen LogP contribution in [0.4, 0.5) is 0 Å². The zero-order chi connectivity index (χ0) is 29.4. The lowest BCUT2D eigenvalue weighted by Gasteiger charge is -2.25. The molecule has 0 saturated heterocycles. The van der Waals surface area contributed by atoms with Crippen LogP contribution in [0.3, 0.4) is 0 Å². The van der Waals surface area contributed by atoms with Crippen LogP contribution < -0.4 is 29.1 Å². The van der Waals surface area contributed by atoms with E-state index in [1.54, 1.807) is 12.1 Å². The fraction of sp³-hybridized carbons (Fsp3) is 0.194. The first-order valence-corrected chi connectivity index (χ1v) is 12.4. The molecular weight excluding hydrogens is 532 g/mol. The standard InChI is InChI=1S/C31H28O10/c1-36-19-14-23(39-4)22(38-3)11-16(19)24(15-9-7-6-8-10-15)25-28(34)31(40-5)29(35)26-27(33)17-12-21(37-2)18(32)13-20(17)41-30(25)26/h6-14,24,32,34-35H,1-5H3/t24-/m1/s1. The number of phenols is 3. The Labute approximate surface area is 234 Å². The third kappa shape index (κ3) is 4.33. The van der Waals surface area contributed by atoms with Crippen molar-refractivity contribution in [2.45, 2.75) is 5.92 Å². The Bertz CT molecular complexity index is 1830. The average Bonchev–Trinajstić information content (AvgIpc) is 2.98. The van der Waals surface area contributed by atoms with Gasteiger partial charge < -0.3 is 43.4 Å². The summed E-state index contributed by atoms with van der Waals surface area (Å²) in [5.41, 5.74) is 0.595. The van der Waals surface area contributed by atoms with Gasteiger partial charge in [-0.1, -0.05) is 30.3 Å². The molecule has 0 aliphatic heterocycles. The summed E-state index contributed by atoms with van der Waals surface area (Å²) in [5.74, 6) is -1.22. The minimum atomic E-state index is -0.838. The number of methoxy groups -OCH3 is 5. The van der Waals surface area contributed by atoms with Gasteiger partial charge in [-0.25, -0.2) is 0 Å². The highest BCUT2D eigenvalue weighted by Crippen LogP contribution is 2.53. The molecular formula is C31H28O10. The van der Waals surface area contributed by atoms with Crippen molar-refractivity contribution in [2.24, 2.45) is 0 Å². The topological polar surface area (TPSA) is 137 Å². The van der Waals surface area contributed by atoms with Crippen molar-refractivity contribution >= 4 is 21.9 Å². The first-order chi connectivity index (χ1) is 19.8. The van der Waals surface area contributed by atoms with Gasteiger partial charge in [0.05, 0.1) is 46.5 Å². The van der Waals surface area contributed by atoms with Crippen molar-refractivity contribution in [2.75, 3.05) is 35.5 Å². The fourth-order valence-electron chi connectivity index (χ4n) is 5.12. The Morgan fingerprint density at radius 3 is 1.95 bits per heavy atom.